The molecule has 0 aliphatic carbocycles. The number of anilines is 2. The molecular weight excluding hydrogens is 254 g/mol. The Hall–Kier alpha value is -1.85. The fraction of sp³-hybridized carbons (Fsp3) is 0.643. The highest BCUT2D eigenvalue weighted by Crippen LogP contribution is 2.22. The van der Waals surface area contributed by atoms with Gasteiger partial charge < -0.3 is 16.0 Å². The van der Waals surface area contributed by atoms with Crippen LogP contribution in [0.3, 0.4) is 0 Å². The molecular formula is C14H25N5O. The first-order chi connectivity index (χ1) is 9.31. The zero-order chi connectivity index (χ0) is 15.3. The molecule has 1 heterocycles. The van der Waals surface area contributed by atoms with Crippen LogP contribution >= 0.6 is 0 Å². The van der Waals surface area contributed by atoms with E-state index in [1.165, 1.54) is 0 Å². The van der Waals surface area contributed by atoms with Gasteiger partial charge in [0, 0.05) is 25.7 Å². The predicted octanol–water partition coefficient (Wildman–Crippen LogP) is 1.71. The van der Waals surface area contributed by atoms with Gasteiger partial charge in [-0.2, -0.15) is 0 Å². The molecule has 0 saturated carbocycles. The highest BCUT2D eigenvalue weighted by molar-refractivity contribution is 5.82. The molecule has 0 aliphatic rings. The Morgan fingerprint density at radius 1 is 1.15 bits per heavy atom. The number of hydrogen-bond acceptors (Lipinski definition) is 5. The van der Waals surface area contributed by atoms with E-state index in [1.807, 2.05) is 34.6 Å². The third kappa shape index (κ3) is 3.82. The Morgan fingerprint density at radius 3 is 2.20 bits per heavy atom. The zero-order valence-electron chi connectivity index (χ0n) is 13.2. The van der Waals surface area contributed by atoms with Crippen LogP contribution < -0.4 is 16.0 Å². The van der Waals surface area contributed by atoms with Crippen LogP contribution in [0, 0.1) is 19.3 Å². The molecule has 6 heteroatoms. The molecule has 1 aromatic heterocycles. The first-order valence-corrected chi connectivity index (χ1v) is 6.87. The number of aryl methyl sites for hydroxylation is 1. The quantitative estimate of drug-likeness (QED) is 0.739. The van der Waals surface area contributed by atoms with E-state index in [-0.39, 0.29) is 5.91 Å². The maximum atomic E-state index is 11.8. The van der Waals surface area contributed by atoms with Gasteiger partial charge in [0.05, 0.1) is 5.41 Å². The number of nitrogens with one attached hydrogen (secondary N) is 3. The molecule has 0 atom stereocenters. The molecule has 0 unspecified atom stereocenters. The summed E-state index contributed by atoms with van der Waals surface area (Å²) in [4.78, 5) is 20.6. The number of rotatable bonds is 6. The number of amides is 1. The van der Waals surface area contributed by atoms with Crippen LogP contribution in [-0.2, 0) is 4.79 Å². The average Bonchev–Trinajstić information content (AvgIpc) is 2.40. The SMILES string of the molecule is CCNc1nc(C)nc(NCC(C)(C)C(=O)NC)c1C. The molecule has 0 aromatic carbocycles. The Bertz CT molecular complexity index is 485. The van der Waals surface area contributed by atoms with E-state index in [9.17, 15) is 4.79 Å². The molecule has 0 bridgehead atoms. The number of aromatic nitrogens is 2. The van der Waals surface area contributed by atoms with Gasteiger partial charge >= 0.3 is 0 Å². The minimum Gasteiger partial charge on any atom is -0.370 e. The molecule has 0 aliphatic heterocycles. The van der Waals surface area contributed by atoms with Gasteiger partial charge in [-0.15, -0.1) is 0 Å². The molecule has 0 saturated heterocycles. The van der Waals surface area contributed by atoms with E-state index in [0.29, 0.717) is 12.4 Å². The number of hydrogen-bond donors (Lipinski definition) is 3. The normalized spacial score (nSPS) is 11.1. The molecule has 6 nitrogen and oxygen atoms in total. The Kier molecular flexibility index (Phi) is 5.30. The van der Waals surface area contributed by atoms with Crippen molar-refractivity contribution in [3.63, 3.8) is 0 Å². The molecule has 20 heavy (non-hydrogen) atoms. The maximum absolute atomic E-state index is 11.8. The number of carbonyl (C=O) groups is 1. The van der Waals surface area contributed by atoms with Gasteiger partial charge in [-0.1, -0.05) is 0 Å². The standard InChI is InChI=1S/C14H25N5O/c1-7-16-11-9(2)12(19-10(3)18-11)17-8-14(4,5)13(20)15-6/h7-8H2,1-6H3,(H,15,20)(H2,16,17,18,19). The van der Waals surface area contributed by atoms with Crippen LogP contribution in [0.5, 0.6) is 0 Å². The zero-order valence-corrected chi connectivity index (χ0v) is 13.2. The molecule has 112 valence electrons. The van der Waals surface area contributed by atoms with Crippen LogP contribution in [-0.4, -0.2) is 36.0 Å². The first kappa shape index (κ1) is 16.2. The smallest absolute Gasteiger partial charge is 0.227 e. The van der Waals surface area contributed by atoms with Gasteiger partial charge in [0.1, 0.15) is 17.5 Å². The van der Waals surface area contributed by atoms with Crippen molar-refractivity contribution in [3.8, 4) is 0 Å². The molecule has 3 N–H and O–H groups in total. The maximum Gasteiger partial charge on any atom is 0.227 e. The second-order valence-electron chi connectivity index (χ2n) is 5.44. The molecule has 0 spiro atoms. The molecule has 1 aromatic rings. The highest BCUT2D eigenvalue weighted by Gasteiger charge is 2.26. The van der Waals surface area contributed by atoms with Gasteiger partial charge in [-0.25, -0.2) is 9.97 Å². The van der Waals surface area contributed by atoms with Crippen LogP contribution in [0.4, 0.5) is 11.6 Å². The molecule has 1 rings (SSSR count). The van der Waals surface area contributed by atoms with Crippen molar-refractivity contribution in [1.29, 1.82) is 0 Å². The summed E-state index contributed by atoms with van der Waals surface area (Å²) in [5.74, 6) is 2.30. The lowest BCUT2D eigenvalue weighted by molar-refractivity contribution is -0.128. The summed E-state index contributed by atoms with van der Waals surface area (Å²) in [7, 11) is 1.65. The van der Waals surface area contributed by atoms with Crippen LogP contribution in [0.2, 0.25) is 0 Å². The van der Waals surface area contributed by atoms with Crippen molar-refractivity contribution in [2.24, 2.45) is 5.41 Å². The Balaban J connectivity index is 2.90. The Morgan fingerprint density at radius 2 is 1.70 bits per heavy atom. The van der Waals surface area contributed by atoms with Gasteiger partial charge in [-0.05, 0) is 34.6 Å². The molecule has 1 amide bonds. The highest BCUT2D eigenvalue weighted by atomic mass is 16.2. The topological polar surface area (TPSA) is 78.9 Å². The third-order valence-electron chi connectivity index (χ3n) is 3.14. The van der Waals surface area contributed by atoms with Gasteiger partial charge in [0.25, 0.3) is 0 Å². The minimum absolute atomic E-state index is 0.000313. The largest absolute Gasteiger partial charge is 0.370 e. The molecule has 0 radical (unpaired) electrons. The van der Waals surface area contributed by atoms with Crippen molar-refractivity contribution in [1.82, 2.24) is 15.3 Å². The summed E-state index contributed by atoms with van der Waals surface area (Å²) in [6.45, 7) is 11.0. The van der Waals surface area contributed by atoms with Gasteiger partial charge in [-0.3, -0.25) is 4.79 Å². The lowest BCUT2D eigenvalue weighted by Crippen LogP contribution is -2.39. The minimum atomic E-state index is -0.502. The fourth-order valence-electron chi connectivity index (χ4n) is 1.86. The van der Waals surface area contributed by atoms with E-state index in [1.54, 1.807) is 7.05 Å². The number of carbonyl (C=O) groups excluding carboxylic acids is 1. The summed E-state index contributed by atoms with van der Waals surface area (Å²) in [5.41, 5.74) is 0.462. The van der Waals surface area contributed by atoms with Gasteiger partial charge in [0.15, 0.2) is 0 Å². The van der Waals surface area contributed by atoms with E-state index in [2.05, 4.69) is 25.9 Å². The first-order valence-electron chi connectivity index (χ1n) is 6.87. The van der Waals surface area contributed by atoms with Crippen molar-refractivity contribution < 1.29 is 4.79 Å². The lowest BCUT2D eigenvalue weighted by Gasteiger charge is -2.24. The van der Waals surface area contributed by atoms with Gasteiger partial charge in [0.2, 0.25) is 5.91 Å². The predicted molar refractivity (Wildman–Crippen MR) is 82.0 cm³/mol. The van der Waals surface area contributed by atoms with Crippen LogP contribution in [0.15, 0.2) is 0 Å². The monoisotopic (exact) mass is 279 g/mol. The second kappa shape index (κ2) is 6.54. The van der Waals surface area contributed by atoms with Crippen LogP contribution in [0.25, 0.3) is 0 Å². The summed E-state index contributed by atoms with van der Waals surface area (Å²) in [6, 6.07) is 0. The van der Waals surface area contributed by atoms with Crippen molar-refractivity contribution >= 4 is 17.5 Å². The van der Waals surface area contributed by atoms with E-state index < -0.39 is 5.41 Å². The molecule has 0 fully saturated rings. The van der Waals surface area contributed by atoms with E-state index in [0.717, 1.165) is 23.7 Å². The summed E-state index contributed by atoms with van der Waals surface area (Å²) in [6.07, 6.45) is 0. The summed E-state index contributed by atoms with van der Waals surface area (Å²) < 4.78 is 0. The summed E-state index contributed by atoms with van der Waals surface area (Å²) >= 11 is 0. The Labute approximate surface area is 120 Å². The summed E-state index contributed by atoms with van der Waals surface area (Å²) in [5, 5.41) is 9.15. The fourth-order valence-corrected chi connectivity index (χ4v) is 1.86. The van der Waals surface area contributed by atoms with E-state index >= 15 is 0 Å². The average molecular weight is 279 g/mol. The van der Waals surface area contributed by atoms with Crippen molar-refractivity contribution in [3.05, 3.63) is 11.4 Å². The van der Waals surface area contributed by atoms with Crippen LogP contribution in [0.1, 0.15) is 32.2 Å². The lowest BCUT2D eigenvalue weighted by atomic mass is 9.92. The second-order valence-corrected chi connectivity index (χ2v) is 5.44. The van der Waals surface area contributed by atoms with Crippen molar-refractivity contribution in [2.75, 3.05) is 30.8 Å². The third-order valence-corrected chi connectivity index (χ3v) is 3.14. The number of nitrogens with zero attached hydrogens (tertiary/aromatic N) is 2. The van der Waals surface area contributed by atoms with E-state index in [4.69, 9.17) is 0 Å². The van der Waals surface area contributed by atoms with Crippen molar-refractivity contribution in [2.45, 2.75) is 34.6 Å².